The van der Waals surface area contributed by atoms with Gasteiger partial charge in [0.05, 0.1) is 11.9 Å². The third-order valence-corrected chi connectivity index (χ3v) is 3.85. The van der Waals surface area contributed by atoms with Crippen LogP contribution in [0, 0.1) is 5.92 Å². The minimum absolute atomic E-state index is 0.223. The number of likely N-dealkylation sites (tertiary alicyclic amines) is 1. The fraction of sp³-hybridized carbons (Fsp3) is 0.667. The zero-order valence-corrected chi connectivity index (χ0v) is 12.0. The van der Waals surface area contributed by atoms with Crippen LogP contribution in [0.2, 0.25) is 0 Å². The summed E-state index contributed by atoms with van der Waals surface area (Å²) in [6.45, 7) is 8.83. The Morgan fingerprint density at radius 1 is 1.32 bits per heavy atom. The average Bonchev–Trinajstić information content (AvgIpc) is 2.90. The monoisotopic (exact) mass is 263 g/mol. The Labute approximate surface area is 115 Å². The van der Waals surface area contributed by atoms with Gasteiger partial charge in [0.1, 0.15) is 5.75 Å². The van der Waals surface area contributed by atoms with Crippen molar-refractivity contribution in [1.29, 1.82) is 0 Å². The van der Waals surface area contributed by atoms with Crippen molar-refractivity contribution in [3.05, 3.63) is 24.0 Å². The Balaban J connectivity index is 1.80. The zero-order valence-electron chi connectivity index (χ0n) is 12.0. The van der Waals surface area contributed by atoms with Gasteiger partial charge in [0, 0.05) is 19.1 Å². The first-order valence-corrected chi connectivity index (χ1v) is 7.25. The molecule has 106 valence electrons. The number of hydrogen-bond acceptors (Lipinski definition) is 4. The van der Waals surface area contributed by atoms with Crippen molar-refractivity contribution in [3.63, 3.8) is 0 Å². The molecule has 19 heavy (non-hydrogen) atoms. The Hall–Kier alpha value is -1.13. The molecule has 4 nitrogen and oxygen atoms in total. The Morgan fingerprint density at radius 2 is 2.05 bits per heavy atom. The SMILES string of the molecule is CC(C)C(CNCc1ccc(O)cn1)N1CCCC1. The molecule has 0 aromatic carbocycles. The Kier molecular flexibility index (Phi) is 5.16. The number of nitrogens with zero attached hydrogens (tertiary/aromatic N) is 2. The van der Waals surface area contributed by atoms with Crippen molar-refractivity contribution in [3.8, 4) is 5.75 Å². The molecule has 0 radical (unpaired) electrons. The molecule has 1 aromatic heterocycles. The molecular weight excluding hydrogens is 238 g/mol. The Morgan fingerprint density at radius 3 is 2.63 bits per heavy atom. The van der Waals surface area contributed by atoms with Gasteiger partial charge in [-0.2, -0.15) is 0 Å². The van der Waals surface area contributed by atoms with Crippen molar-refractivity contribution in [2.24, 2.45) is 5.92 Å². The molecule has 1 saturated heterocycles. The summed E-state index contributed by atoms with van der Waals surface area (Å²) in [5.74, 6) is 0.888. The van der Waals surface area contributed by atoms with E-state index in [1.165, 1.54) is 32.1 Å². The summed E-state index contributed by atoms with van der Waals surface area (Å²) in [6.07, 6.45) is 4.17. The third-order valence-electron chi connectivity index (χ3n) is 3.85. The van der Waals surface area contributed by atoms with Crippen LogP contribution in [0.15, 0.2) is 18.3 Å². The van der Waals surface area contributed by atoms with Crippen molar-refractivity contribution >= 4 is 0 Å². The first kappa shape index (κ1) is 14.3. The van der Waals surface area contributed by atoms with Crippen LogP contribution in [0.3, 0.4) is 0 Å². The largest absolute Gasteiger partial charge is 0.506 e. The van der Waals surface area contributed by atoms with Crippen molar-refractivity contribution in [2.75, 3.05) is 19.6 Å². The minimum atomic E-state index is 0.223. The lowest BCUT2D eigenvalue weighted by Crippen LogP contribution is -2.44. The van der Waals surface area contributed by atoms with Crippen LogP contribution in [0.5, 0.6) is 5.75 Å². The van der Waals surface area contributed by atoms with Crippen LogP contribution >= 0.6 is 0 Å². The maximum absolute atomic E-state index is 9.20. The van der Waals surface area contributed by atoms with Crippen molar-refractivity contribution < 1.29 is 5.11 Å². The molecule has 0 saturated carbocycles. The molecule has 2 rings (SSSR count). The normalized spacial score (nSPS) is 18.1. The average molecular weight is 263 g/mol. The van der Waals surface area contributed by atoms with Crippen LogP contribution in [0.1, 0.15) is 32.4 Å². The first-order chi connectivity index (χ1) is 9.16. The van der Waals surface area contributed by atoms with Gasteiger partial charge in [-0.25, -0.2) is 0 Å². The van der Waals surface area contributed by atoms with Gasteiger partial charge in [0.25, 0.3) is 0 Å². The summed E-state index contributed by atoms with van der Waals surface area (Å²) in [7, 11) is 0. The number of hydrogen-bond donors (Lipinski definition) is 2. The van der Waals surface area contributed by atoms with Gasteiger partial charge in [-0.1, -0.05) is 13.8 Å². The summed E-state index contributed by atoms with van der Waals surface area (Å²) in [6, 6.07) is 4.16. The molecule has 1 fully saturated rings. The summed E-state index contributed by atoms with van der Waals surface area (Å²) in [4.78, 5) is 6.79. The van der Waals surface area contributed by atoms with Crippen LogP contribution in [0.4, 0.5) is 0 Å². The van der Waals surface area contributed by atoms with Gasteiger partial charge < -0.3 is 10.4 Å². The Bertz CT molecular complexity index is 371. The van der Waals surface area contributed by atoms with E-state index in [9.17, 15) is 5.11 Å². The molecule has 2 heterocycles. The van der Waals surface area contributed by atoms with Crippen LogP contribution in [-0.4, -0.2) is 40.7 Å². The highest BCUT2D eigenvalue weighted by Crippen LogP contribution is 2.17. The molecule has 1 aliphatic heterocycles. The molecule has 1 aromatic rings. The summed E-state index contributed by atoms with van der Waals surface area (Å²) in [5.41, 5.74) is 0.974. The molecule has 0 spiro atoms. The quantitative estimate of drug-likeness (QED) is 0.824. The zero-order chi connectivity index (χ0) is 13.7. The standard InChI is InChI=1S/C15H25N3O/c1-12(2)15(18-7-3-4-8-18)11-16-9-13-5-6-14(19)10-17-13/h5-6,10,12,15-16,19H,3-4,7-9,11H2,1-2H3. The van der Waals surface area contributed by atoms with Gasteiger partial charge >= 0.3 is 0 Å². The number of aromatic hydroxyl groups is 1. The van der Waals surface area contributed by atoms with Crippen LogP contribution < -0.4 is 5.32 Å². The predicted octanol–water partition coefficient (Wildman–Crippen LogP) is 2.00. The maximum atomic E-state index is 9.20. The maximum Gasteiger partial charge on any atom is 0.133 e. The van der Waals surface area contributed by atoms with Crippen LogP contribution in [0.25, 0.3) is 0 Å². The molecule has 4 heteroatoms. The topological polar surface area (TPSA) is 48.4 Å². The number of rotatable bonds is 6. The van der Waals surface area contributed by atoms with E-state index < -0.39 is 0 Å². The molecule has 0 bridgehead atoms. The lowest BCUT2D eigenvalue weighted by molar-refractivity contribution is 0.186. The molecule has 1 atom stereocenters. The summed E-state index contributed by atoms with van der Waals surface area (Å²) < 4.78 is 0. The second-order valence-corrected chi connectivity index (χ2v) is 5.69. The second-order valence-electron chi connectivity index (χ2n) is 5.69. The number of nitrogens with one attached hydrogen (secondary N) is 1. The highest BCUT2D eigenvalue weighted by atomic mass is 16.3. The van der Waals surface area contributed by atoms with E-state index in [0.29, 0.717) is 12.0 Å². The van der Waals surface area contributed by atoms with Gasteiger partial charge in [-0.3, -0.25) is 9.88 Å². The minimum Gasteiger partial charge on any atom is -0.506 e. The lowest BCUT2D eigenvalue weighted by atomic mass is 10.0. The van der Waals surface area contributed by atoms with Gasteiger partial charge in [0.2, 0.25) is 0 Å². The highest BCUT2D eigenvalue weighted by molar-refractivity contribution is 5.17. The number of pyridine rings is 1. The molecular formula is C15H25N3O. The third kappa shape index (κ3) is 4.18. The van der Waals surface area contributed by atoms with Crippen LogP contribution in [-0.2, 0) is 6.54 Å². The smallest absolute Gasteiger partial charge is 0.133 e. The fourth-order valence-electron chi connectivity index (χ4n) is 2.73. The highest BCUT2D eigenvalue weighted by Gasteiger charge is 2.23. The van der Waals surface area contributed by atoms with Crippen molar-refractivity contribution in [1.82, 2.24) is 15.2 Å². The summed E-state index contributed by atoms with van der Waals surface area (Å²) >= 11 is 0. The van der Waals surface area contributed by atoms with E-state index in [1.807, 2.05) is 6.07 Å². The van der Waals surface area contributed by atoms with E-state index in [2.05, 4.69) is 29.0 Å². The number of aromatic nitrogens is 1. The fourth-order valence-corrected chi connectivity index (χ4v) is 2.73. The lowest BCUT2D eigenvalue weighted by Gasteiger charge is -2.31. The molecule has 0 amide bonds. The summed E-state index contributed by atoms with van der Waals surface area (Å²) in [5, 5.41) is 12.7. The van der Waals surface area contributed by atoms with Crippen molar-refractivity contribution in [2.45, 2.75) is 39.3 Å². The molecule has 0 aliphatic carbocycles. The van der Waals surface area contributed by atoms with Gasteiger partial charge in [0.15, 0.2) is 0 Å². The van der Waals surface area contributed by atoms with Gasteiger partial charge in [-0.15, -0.1) is 0 Å². The first-order valence-electron chi connectivity index (χ1n) is 7.25. The van der Waals surface area contributed by atoms with Gasteiger partial charge in [-0.05, 0) is 44.0 Å². The van der Waals surface area contributed by atoms with E-state index in [1.54, 1.807) is 6.07 Å². The molecule has 1 aliphatic rings. The molecule has 1 unspecified atom stereocenters. The second kappa shape index (κ2) is 6.87. The predicted molar refractivity (Wildman–Crippen MR) is 77.0 cm³/mol. The van der Waals surface area contributed by atoms with E-state index in [0.717, 1.165) is 18.8 Å². The van der Waals surface area contributed by atoms with E-state index in [-0.39, 0.29) is 5.75 Å². The van der Waals surface area contributed by atoms with E-state index in [4.69, 9.17) is 0 Å². The van der Waals surface area contributed by atoms with E-state index >= 15 is 0 Å². The molecule has 2 N–H and O–H groups in total.